The van der Waals surface area contributed by atoms with Gasteiger partial charge in [-0.1, -0.05) is 12.1 Å². The Bertz CT molecular complexity index is 1440. The lowest BCUT2D eigenvalue weighted by molar-refractivity contribution is 0.0547. The minimum Gasteiger partial charge on any atom is -0.479 e. The molecule has 0 unspecified atom stereocenters. The molecule has 1 saturated heterocycles. The largest absolute Gasteiger partial charge is 0.479 e. The number of carbonyl (C=O) groups is 1. The summed E-state index contributed by atoms with van der Waals surface area (Å²) >= 11 is 0. The number of carbonyl (C=O) groups excluding carboxylic acids is 1. The Labute approximate surface area is 223 Å². The van der Waals surface area contributed by atoms with Gasteiger partial charge in [-0.25, -0.2) is 9.36 Å². The molecule has 3 aromatic heterocycles. The van der Waals surface area contributed by atoms with Gasteiger partial charge >= 0.3 is 6.09 Å². The van der Waals surface area contributed by atoms with Gasteiger partial charge in [0.1, 0.15) is 5.60 Å². The van der Waals surface area contributed by atoms with Crippen LogP contribution >= 0.6 is 0 Å². The average molecular weight is 515 g/mol. The molecule has 9 nitrogen and oxygen atoms in total. The topological polar surface area (TPSA) is 85.6 Å². The van der Waals surface area contributed by atoms with Crippen LogP contribution in [0.1, 0.15) is 26.3 Å². The van der Waals surface area contributed by atoms with E-state index in [1.165, 1.54) is 0 Å². The van der Waals surface area contributed by atoms with Crippen LogP contribution in [-0.4, -0.2) is 81.6 Å². The molecule has 0 aliphatic carbocycles. The highest BCUT2D eigenvalue weighted by Gasteiger charge is 2.26. The molecule has 0 bridgehead atoms. The molecule has 0 atom stereocenters. The molecule has 4 heterocycles. The number of benzene rings is 1. The van der Waals surface area contributed by atoms with Gasteiger partial charge in [-0.3, -0.25) is 9.88 Å². The molecule has 5 rings (SSSR count). The van der Waals surface area contributed by atoms with E-state index in [1.807, 2.05) is 45.0 Å². The quantitative estimate of drug-likeness (QED) is 0.379. The fourth-order valence-corrected chi connectivity index (χ4v) is 4.69. The van der Waals surface area contributed by atoms with E-state index >= 15 is 0 Å². The summed E-state index contributed by atoms with van der Waals surface area (Å²) in [4.78, 5) is 22.5. The van der Waals surface area contributed by atoms with Gasteiger partial charge in [0.15, 0.2) is 0 Å². The lowest BCUT2D eigenvalue weighted by atomic mass is 10.1. The van der Waals surface area contributed by atoms with Crippen LogP contribution in [0.4, 0.5) is 4.79 Å². The van der Waals surface area contributed by atoms with Gasteiger partial charge in [0.2, 0.25) is 5.88 Å². The van der Waals surface area contributed by atoms with Crippen LogP contribution in [0.5, 0.6) is 5.88 Å². The van der Waals surface area contributed by atoms with E-state index in [9.17, 15) is 4.79 Å². The second kappa shape index (κ2) is 10.5. The molecule has 4 aromatic rings. The molecule has 0 spiro atoms. The molecule has 0 saturated carbocycles. The molecule has 38 heavy (non-hydrogen) atoms. The second-order valence-corrected chi connectivity index (χ2v) is 10.7. The number of nitrogens with zero attached hydrogens (tertiary/aromatic N) is 6. The fourth-order valence-electron chi connectivity index (χ4n) is 4.69. The Hall–Kier alpha value is -3.82. The van der Waals surface area contributed by atoms with E-state index in [1.54, 1.807) is 24.1 Å². The number of hydrogen-bond donors (Lipinski definition) is 0. The molecular formula is C29H34N6O3. The van der Waals surface area contributed by atoms with E-state index in [2.05, 4.69) is 50.2 Å². The van der Waals surface area contributed by atoms with Gasteiger partial charge < -0.3 is 14.4 Å². The number of aromatic nitrogens is 4. The number of methoxy groups -OCH3 is 1. The van der Waals surface area contributed by atoms with Crippen molar-refractivity contribution in [3.8, 4) is 28.4 Å². The van der Waals surface area contributed by atoms with Crippen LogP contribution in [0, 0.1) is 0 Å². The van der Waals surface area contributed by atoms with Crippen molar-refractivity contribution in [3.05, 3.63) is 60.4 Å². The normalized spacial score (nSPS) is 15.1. The molecule has 198 valence electrons. The summed E-state index contributed by atoms with van der Waals surface area (Å²) < 4.78 is 13.1. The third-order valence-corrected chi connectivity index (χ3v) is 6.65. The van der Waals surface area contributed by atoms with Gasteiger partial charge in [-0.05, 0) is 63.7 Å². The van der Waals surface area contributed by atoms with Gasteiger partial charge in [-0.15, -0.1) is 10.2 Å². The van der Waals surface area contributed by atoms with Gasteiger partial charge in [-0.2, -0.15) is 0 Å². The van der Waals surface area contributed by atoms with Crippen LogP contribution in [0.2, 0.25) is 0 Å². The first-order chi connectivity index (χ1) is 18.2. The summed E-state index contributed by atoms with van der Waals surface area (Å²) in [6.07, 6.45) is 2.96. The molecule has 1 aromatic carbocycles. The number of rotatable bonds is 5. The minimum atomic E-state index is -0.662. The van der Waals surface area contributed by atoms with E-state index < -0.39 is 11.7 Å². The van der Waals surface area contributed by atoms with Crippen molar-refractivity contribution in [1.29, 1.82) is 0 Å². The van der Waals surface area contributed by atoms with Crippen molar-refractivity contribution in [1.82, 2.24) is 29.5 Å². The Balaban J connectivity index is 1.63. The summed E-state index contributed by atoms with van der Waals surface area (Å²) in [6, 6.07) is 13.9. The average Bonchev–Trinajstić information content (AvgIpc) is 3.28. The number of pyridine rings is 1. The maximum atomic E-state index is 13.7. The van der Waals surface area contributed by atoms with Crippen LogP contribution in [-0.2, 0) is 11.3 Å². The number of fused-ring (bicyclic) bond motifs is 1. The molecular weight excluding hydrogens is 480 g/mol. The molecule has 1 aliphatic rings. The number of ether oxygens (including phenoxy) is 2. The zero-order chi connectivity index (χ0) is 26.9. The predicted octanol–water partition coefficient (Wildman–Crippen LogP) is 4.70. The highest BCUT2D eigenvalue weighted by molar-refractivity contribution is 5.97. The monoisotopic (exact) mass is 514 g/mol. The van der Waals surface area contributed by atoms with Gasteiger partial charge in [0, 0.05) is 56.1 Å². The SMILES string of the molecule is COc1nnc(-c2ccncc2)cc1-c1cc2ccc(CN3CCN(C)CC3)cc2n1C(=O)OC(C)(C)C. The third kappa shape index (κ3) is 5.54. The Kier molecular flexibility index (Phi) is 7.14. The minimum absolute atomic E-state index is 0.327. The van der Waals surface area contributed by atoms with Crippen molar-refractivity contribution in [2.75, 3.05) is 40.3 Å². The highest BCUT2D eigenvalue weighted by Crippen LogP contribution is 2.36. The summed E-state index contributed by atoms with van der Waals surface area (Å²) in [5.41, 5.74) is 4.07. The first kappa shape index (κ1) is 25.8. The van der Waals surface area contributed by atoms with Crippen molar-refractivity contribution >= 4 is 17.0 Å². The summed E-state index contributed by atoms with van der Waals surface area (Å²) in [5, 5.41) is 9.60. The molecule has 9 heteroatoms. The fraction of sp³-hybridized carbons (Fsp3) is 0.379. The summed E-state index contributed by atoms with van der Waals surface area (Å²) in [6.45, 7) is 10.6. The van der Waals surface area contributed by atoms with E-state index in [0.717, 1.165) is 54.8 Å². The summed E-state index contributed by atoms with van der Waals surface area (Å²) in [5.74, 6) is 0.327. The van der Waals surface area contributed by atoms with E-state index in [4.69, 9.17) is 9.47 Å². The number of piperazine rings is 1. The van der Waals surface area contributed by atoms with Crippen molar-refractivity contribution in [2.24, 2.45) is 0 Å². The Morgan fingerprint density at radius 2 is 1.71 bits per heavy atom. The molecule has 0 amide bonds. The third-order valence-electron chi connectivity index (χ3n) is 6.65. The highest BCUT2D eigenvalue weighted by atomic mass is 16.6. The first-order valence-electron chi connectivity index (χ1n) is 12.8. The van der Waals surface area contributed by atoms with Crippen LogP contribution < -0.4 is 4.74 Å². The summed E-state index contributed by atoms with van der Waals surface area (Å²) in [7, 11) is 3.70. The lowest BCUT2D eigenvalue weighted by Crippen LogP contribution is -2.43. The lowest BCUT2D eigenvalue weighted by Gasteiger charge is -2.32. The smallest absolute Gasteiger partial charge is 0.419 e. The van der Waals surface area contributed by atoms with Crippen molar-refractivity contribution < 1.29 is 14.3 Å². The van der Waals surface area contributed by atoms with Crippen molar-refractivity contribution in [3.63, 3.8) is 0 Å². The van der Waals surface area contributed by atoms with Gasteiger partial charge in [0.05, 0.1) is 29.6 Å². The Morgan fingerprint density at radius 1 is 0.974 bits per heavy atom. The molecule has 1 fully saturated rings. The predicted molar refractivity (Wildman–Crippen MR) is 147 cm³/mol. The second-order valence-electron chi connectivity index (χ2n) is 10.7. The van der Waals surface area contributed by atoms with E-state index in [0.29, 0.717) is 22.8 Å². The van der Waals surface area contributed by atoms with Crippen LogP contribution in [0.15, 0.2) is 54.9 Å². The standard InChI is InChI=1S/C29H34N6O3/c1-29(2,3)38-28(36)35-25-16-20(19-34-14-12-33(4)13-15-34)6-7-22(25)17-26(35)23-18-24(31-32-27(23)37-5)21-8-10-30-11-9-21/h6-11,16-18H,12-15,19H2,1-5H3. The molecule has 1 aliphatic heterocycles. The van der Waals surface area contributed by atoms with Gasteiger partial charge in [0.25, 0.3) is 0 Å². The number of hydrogen-bond acceptors (Lipinski definition) is 8. The van der Waals surface area contributed by atoms with Crippen molar-refractivity contribution in [2.45, 2.75) is 32.9 Å². The molecule has 0 radical (unpaired) electrons. The number of likely N-dealkylation sites (N-methyl/N-ethyl adjacent to an activating group) is 1. The zero-order valence-electron chi connectivity index (χ0n) is 22.6. The van der Waals surface area contributed by atoms with Crippen LogP contribution in [0.3, 0.4) is 0 Å². The van der Waals surface area contributed by atoms with Crippen LogP contribution in [0.25, 0.3) is 33.4 Å². The van der Waals surface area contributed by atoms with E-state index in [-0.39, 0.29) is 0 Å². The first-order valence-corrected chi connectivity index (χ1v) is 12.8. The maximum Gasteiger partial charge on any atom is 0.419 e. The Morgan fingerprint density at radius 3 is 2.39 bits per heavy atom. The molecule has 0 N–H and O–H groups in total. The maximum absolute atomic E-state index is 13.7. The zero-order valence-corrected chi connectivity index (χ0v) is 22.6.